The molecule has 1 aromatic rings. The van der Waals surface area contributed by atoms with Crippen LogP contribution in [0.1, 0.15) is 23.7 Å². The second-order valence-corrected chi connectivity index (χ2v) is 5.72. The molecule has 5 heteroatoms. The number of carbonyl (C=O) groups is 2. The number of rotatable bonds is 5. The first-order valence-corrected chi connectivity index (χ1v) is 7.11. The van der Waals surface area contributed by atoms with Crippen LogP contribution in [0.3, 0.4) is 0 Å². The Kier molecular flexibility index (Phi) is 4.63. The van der Waals surface area contributed by atoms with Crippen LogP contribution < -0.4 is 10.1 Å². The largest absolute Gasteiger partial charge is 0.496 e. The van der Waals surface area contributed by atoms with Crippen molar-refractivity contribution in [3.63, 3.8) is 0 Å². The summed E-state index contributed by atoms with van der Waals surface area (Å²) < 4.78 is 5.22. The van der Waals surface area contributed by atoms with E-state index in [0.29, 0.717) is 24.4 Å². The molecule has 2 rings (SSSR count). The summed E-state index contributed by atoms with van der Waals surface area (Å²) in [5.41, 5.74) is 0.184. The Morgan fingerprint density at radius 1 is 1.38 bits per heavy atom. The molecule has 0 spiro atoms. The van der Waals surface area contributed by atoms with Gasteiger partial charge < -0.3 is 10.1 Å². The molecule has 0 aromatic heterocycles. The third-order valence-corrected chi connectivity index (χ3v) is 4.10. The van der Waals surface area contributed by atoms with E-state index in [9.17, 15) is 9.59 Å². The van der Waals surface area contributed by atoms with Gasteiger partial charge in [-0.3, -0.25) is 14.5 Å². The molecule has 1 aliphatic heterocycles. The van der Waals surface area contributed by atoms with E-state index in [2.05, 4.69) is 5.32 Å². The van der Waals surface area contributed by atoms with Gasteiger partial charge in [0.1, 0.15) is 5.75 Å². The maximum Gasteiger partial charge on any atom is 0.227 e. The molecule has 1 saturated heterocycles. The number of nitrogens with one attached hydrogen (secondary N) is 1. The number of likely N-dealkylation sites (tertiary alicyclic amines) is 1. The first kappa shape index (κ1) is 15.5. The van der Waals surface area contributed by atoms with E-state index < -0.39 is 5.41 Å². The van der Waals surface area contributed by atoms with Gasteiger partial charge in [-0.2, -0.15) is 0 Å². The molecule has 5 nitrogen and oxygen atoms in total. The highest BCUT2D eigenvalue weighted by Gasteiger charge is 2.40. The lowest BCUT2D eigenvalue weighted by atomic mass is 9.89. The Bertz CT molecular complexity index is 544. The molecular formula is C16H22N2O3. The number of benzene rings is 1. The second-order valence-electron chi connectivity index (χ2n) is 5.72. The molecule has 114 valence electrons. The first-order chi connectivity index (χ1) is 10.00. The van der Waals surface area contributed by atoms with Crippen molar-refractivity contribution in [1.82, 2.24) is 10.2 Å². The SMILES string of the molecule is CNC(=O)C1(C)CCN(CC(=O)c2ccccc2OC)C1. The molecule has 0 aliphatic carbocycles. The zero-order chi connectivity index (χ0) is 15.5. The molecule has 0 saturated carbocycles. The third-order valence-electron chi connectivity index (χ3n) is 4.10. The van der Waals surface area contributed by atoms with Gasteiger partial charge in [0.25, 0.3) is 0 Å². The summed E-state index contributed by atoms with van der Waals surface area (Å²) in [4.78, 5) is 26.3. The van der Waals surface area contributed by atoms with Gasteiger partial charge >= 0.3 is 0 Å². The third kappa shape index (κ3) is 3.24. The molecule has 0 bridgehead atoms. The van der Waals surface area contributed by atoms with Crippen LogP contribution in [-0.2, 0) is 4.79 Å². The van der Waals surface area contributed by atoms with E-state index in [4.69, 9.17) is 4.74 Å². The maximum atomic E-state index is 12.4. The number of ketones is 1. The van der Waals surface area contributed by atoms with Crippen LogP contribution in [0.4, 0.5) is 0 Å². The number of Topliss-reactive ketones (excluding diaryl/α,β-unsaturated/α-hetero) is 1. The highest BCUT2D eigenvalue weighted by molar-refractivity contribution is 6.00. The van der Waals surface area contributed by atoms with Crippen molar-refractivity contribution in [2.45, 2.75) is 13.3 Å². The average molecular weight is 290 g/mol. The number of methoxy groups -OCH3 is 1. The Balaban J connectivity index is 2.03. The van der Waals surface area contributed by atoms with Gasteiger partial charge in [0, 0.05) is 13.6 Å². The summed E-state index contributed by atoms with van der Waals surface area (Å²) in [6.45, 7) is 3.62. The van der Waals surface area contributed by atoms with Crippen molar-refractivity contribution in [1.29, 1.82) is 0 Å². The fraction of sp³-hybridized carbons (Fsp3) is 0.500. The number of amides is 1. The Hall–Kier alpha value is -1.88. The van der Waals surface area contributed by atoms with Crippen LogP contribution in [0.5, 0.6) is 5.75 Å². The zero-order valence-corrected chi connectivity index (χ0v) is 12.8. The summed E-state index contributed by atoms with van der Waals surface area (Å²) in [6.07, 6.45) is 0.770. The van der Waals surface area contributed by atoms with Crippen molar-refractivity contribution in [2.24, 2.45) is 5.41 Å². The van der Waals surface area contributed by atoms with E-state index in [1.54, 1.807) is 26.3 Å². The standard InChI is InChI=1S/C16H22N2O3/c1-16(15(20)17-2)8-9-18(11-16)10-13(19)12-6-4-5-7-14(12)21-3/h4-7H,8-11H2,1-3H3,(H,17,20). The maximum absolute atomic E-state index is 12.4. The number of hydrogen-bond donors (Lipinski definition) is 1. The number of carbonyl (C=O) groups excluding carboxylic acids is 2. The summed E-state index contributed by atoms with van der Waals surface area (Å²) in [5, 5.41) is 2.70. The molecule has 1 N–H and O–H groups in total. The molecule has 1 aliphatic rings. The number of nitrogens with zero attached hydrogens (tertiary/aromatic N) is 1. The molecule has 1 atom stereocenters. The molecule has 1 heterocycles. The van der Waals surface area contributed by atoms with Crippen molar-refractivity contribution >= 4 is 11.7 Å². The lowest BCUT2D eigenvalue weighted by Gasteiger charge is -2.22. The number of ether oxygens (including phenoxy) is 1. The predicted octanol–water partition coefficient (Wildman–Crippen LogP) is 1.34. The summed E-state index contributed by atoms with van der Waals surface area (Å²) in [6, 6.07) is 7.23. The smallest absolute Gasteiger partial charge is 0.227 e. The Labute approximate surface area is 125 Å². The van der Waals surface area contributed by atoms with Gasteiger partial charge in [-0.15, -0.1) is 0 Å². The van der Waals surface area contributed by atoms with E-state index in [-0.39, 0.29) is 11.7 Å². The monoisotopic (exact) mass is 290 g/mol. The summed E-state index contributed by atoms with van der Waals surface area (Å²) in [5.74, 6) is 0.652. The highest BCUT2D eigenvalue weighted by atomic mass is 16.5. The second kappa shape index (κ2) is 6.26. The molecule has 1 fully saturated rings. The van der Waals surface area contributed by atoms with Crippen LogP contribution >= 0.6 is 0 Å². The van der Waals surface area contributed by atoms with Crippen molar-refractivity contribution in [3.05, 3.63) is 29.8 Å². The fourth-order valence-corrected chi connectivity index (χ4v) is 2.84. The zero-order valence-electron chi connectivity index (χ0n) is 12.8. The van der Waals surface area contributed by atoms with Crippen molar-refractivity contribution in [2.75, 3.05) is 33.8 Å². The molecular weight excluding hydrogens is 268 g/mol. The van der Waals surface area contributed by atoms with Gasteiger partial charge in [-0.1, -0.05) is 12.1 Å². The molecule has 1 amide bonds. The number of para-hydroxylation sites is 1. The summed E-state index contributed by atoms with van der Waals surface area (Å²) >= 11 is 0. The van der Waals surface area contributed by atoms with Crippen LogP contribution in [0.15, 0.2) is 24.3 Å². The van der Waals surface area contributed by atoms with Crippen LogP contribution in [-0.4, -0.2) is 50.4 Å². The van der Waals surface area contributed by atoms with E-state index in [1.807, 2.05) is 24.0 Å². The van der Waals surface area contributed by atoms with Crippen LogP contribution in [0.25, 0.3) is 0 Å². The van der Waals surface area contributed by atoms with E-state index in [0.717, 1.165) is 13.0 Å². The minimum Gasteiger partial charge on any atom is -0.496 e. The quantitative estimate of drug-likeness (QED) is 0.831. The van der Waals surface area contributed by atoms with Gasteiger partial charge in [0.15, 0.2) is 5.78 Å². The van der Waals surface area contributed by atoms with Gasteiger partial charge in [-0.25, -0.2) is 0 Å². The van der Waals surface area contributed by atoms with Crippen molar-refractivity contribution in [3.8, 4) is 5.75 Å². The van der Waals surface area contributed by atoms with Crippen LogP contribution in [0, 0.1) is 5.41 Å². The fourth-order valence-electron chi connectivity index (χ4n) is 2.84. The normalized spacial score (nSPS) is 22.0. The minimum absolute atomic E-state index is 0.0219. The Morgan fingerprint density at radius 3 is 2.76 bits per heavy atom. The van der Waals surface area contributed by atoms with Crippen LogP contribution in [0.2, 0.25) is 0 Å². The first-order valence-electron chi connectivity index (χ1n) is 7.11. The van der Waals surface area contributed by atoms with E-state index in [1.165, 1.54) is 0 Å². The minimum atomic E-state index is -0.407. The van der Waals surface area contributed by atoms with Gasteiger partial charge in [0.2, 0.25) is 5.91 Å². The molecule has 0 radical (unpaired) electrons. The molecule has 1 unspecified atom stereocenters. The van der Waals surface area contributed by atoms with Crippen molar-refractivity contribution < 1.29 is 14.3 Å². The Morgan fingerprint density at radius 2 is 2.10 bits per heavy atom. The van der Waals surface area contributed by atoms with E-state index >= 15 is 0 Å². The van der Waals surface area contributed by atoms with Gasteiger partial charge in [0.05, 0.1) is 24.6 Å². The lowest BCUT2D eigenvalue weighted by molar-refractivity contribution is -0.129. The predicted molar refractivity (Wildman–Crippen MR) is 80.6 cm³/mol. The lowest BCUT2D eigenvalue weighted by Crippen LogP contribution is -2.40. The molecule has 1 aromatic carbocycles. The molecule has 21 heavy (non-hydrogen) atoms. The highest BCUT2D eigenvalue weighted by Crippen LogP contribution is 2.30. The average Bonchev–Trinajstić information content (AvgIpc) is 2.88. The van der Waals surface area contributed by atoms with Gasteiger partial charge in [-0.05, 0) is 32.0 Å². The summed E-state index contributed by atoms with van der Waals surface area (Å²) in [7, 11) is 3.21. The topological polar surface area (TPSA) is 58.6 Å². The number of hydrogen-bond acceptors (Lipinski definition) is 4.